The number of nitrogens with one attached hydrogen (secondary N) is 1. The van der Waals surface area contributed by atoms with Crippen LogP contribution in [0.2, 0.25) is 0 Å². The predicted octanol–water partition coefficient (Wildman–Crippen LogP) is 5.02. The van der Waals surface area contributed by atoms with E-state index >= 15 is 0 Å². The number of benzene rings is 2. The molecule has 0 aliphatic heterocycles. The Morgan fingerprint density at radius 1 is 1.19 bits per heavy atom. The van der Waals surface area contributed by atoms with Crippen LogP contribution < -0.4 is 4.74 Å². The highest BCUT2D eigenvalue weighted by Crippen LogP contribution is 2.25. The van der Waals surface area contributed by atoms with Gasteiger partial charge in [-0.1, -0.05) is 39.8 Å². The molecule has 0 atom stereocenters. The molecular formula is C16H15BrN2OS. The van der Waals surface area contributed by atoms with Crippen LogP contribution in [0.15, 0.2) is 52.1 Å². The first-order valence-electron chi connectivity index (χ1n) is 6.74. The molecule has 3 rings (SSSR count). The van der Waals surface area contributed by atoms with Gasteiger partial charge in [-0.05, 0) is 36.8 Å². The Morgan fingerprint density at radius 3 is 2.76 bits per heavy atom. The van der Waals surface area contributed by atoms with Gasteiger partial charge in [0.15, 0.2) is 5.16 Å². The number of aromatic amines is 1. The van der Waals surface area contributed by atoms with E-state index in [0.717, 1.165) is 32.2 Å². The molecule has 0 saturated carbocycles. The van der Waals surface area contributed by atoms with Gasteiger partial charge in [0.2, 0.25) is 0 Å². The van der Waals surface area contributed by atoms with Crippen LogP contribution in [0.1, 0.15) is 12.5 Å². The molecule has 0 radical (unpaired) electrons. The van der Waals surface area contributed by atoms with E-state index in [1.165, 1.54) is 5.56 Å². The maximum absolute atomic E-state index is 5.50. The Kier molecular flexibility index (Phi) is 4.51. The summed E-state index contributed by atoms with van der Waals surface area (Å²) in [5, 5.41) is 0.932. The van der Waals surface area contributed by atoms with E-state index in [2.05, 4.69) is 50.2 Å². The molecule has 1 heterocycles. The van der Waals surface area contributed by atoms with Crippen molar-refractivity contribution in [1.82, 2.24) is 9.97 Å². The molecule has 3 nitrogen and oxygen atoms in total. The maximum atomic E-state index is 5.50. The smallest absolute Gasteiger partial charge is 0.166 e. The molecule has 1 N–H and O–H groups in total. The SMILES string of the molecule is CCOc1ccc2nc(SCc3ccc(Br)cc3)[nH]c2c1. The van der Waals surface area contributed by atoms with E-state index in [1.807, 2.05) is 25.1 Å². The quantitative estimate of drug-likeness (QED) is 0.647. The molecule has 5 heteroatoms. The maximum Gasteiger partial charge on any atom is 0.166 e. The van der Waals surface area contributed by atoms with Crippen molar-refractivity contribution < 1.29 is 4.74 Å². The zero-order valence-electron chi connectivity index (χ0n) is 11.6. The lowest BCUT2D eigenvalue weighted by Crippen LogP contribution is -1.90. The number of imidazole rings is 1. The normalized spacial score (nSPS) is 11.0. The second-order valence-electron chi connectivity index (χ2n) is 4.57. The van der Waals surface area contributed by atoms with Crippen LogP contribution in [0.25, 0.3) is 11.0 Å². The van der Waals surface area contributed by atoms with E-state index in [-0.39, 0.29) is 0 Å². The molecule has 0 spiro atoms. The van der Waals surface area contributed by atoms with Gasteiger partial charge in [-0.3, -0.25) is 0 Å². The van der Waals surface area contributed by atoms with E-state index in [9.17, 15) is 0 Å². The summed E-state index contributed by atoms with van der Waals surface area (Å²) in [4.78, 5) is 7.93. The number of H-pyrrole nitrogens is 1. The molecule has 0 aliphatic carbocycles. The van der Waals surface area contributed by atoms with Crippen molar-refractivity contribution in [2.45, 2.75) is 17.8 Å². The summed E-state index contributed by atoms with van der Waals surface area (Å²) in [7, 11) is 0. The Bertz CT molecular complexity index is 740. The van der Waals surface area contributed by atoms with Crippen molar-refractivity contribution in [3.8, 4) is 5.75 Å². The summed E-state index contributed by atoms with van der Waals surface area (Å²) < 4.78 is 6.61. The molecule has 0 aliphatic rings. The monoisotopic (exact) mass is 362 g/mol. The Balaban J connectivity index is 1.73. The van der Waals surface area contributed by atoms with Gasteiger partial charge in [0.25, 0.3) is 0 Å². The zero-order valence-corrected chi connectivity index (χ0v) is 14.0. The number of hydrogen-bond donors (Lipinski definition) is 1. The average Bonchev–Trinajstić information content (AvgIpc) is 2.89. The Labute approximate surface area is 136 Å². The minimum absolute atomic E-state index is 0.671. The van der Waals surface area contributed by atoms with Crippen molar-refractivity contribution >= 4 is 38.7 Å². The van der Waals surface area contributed by atoms with Crippen molar-refractivity contribution in [2.75, 3.05) is 6.61 Å². The summed E-state index contributed by atoms with van der Waals surface area (Å²) in [5.74, 6) is 1.77. The Hall–Kier alpha value is -1.46. The topological polar surface area (TPSA) is 37.9 Å². The van der Waals surface area contributed by atoms with E-state index in [1.54, 1.807) is 11.8 Å². The lowest BCUT2D eigenvalue weighted by Gasteiger charge is -2.00. The van der Waals surface area contributed by atoms with Crippen LogP contribution in [0.3, 0.4) is 0 Å². The van der Waals surface area contributed by atoms with Crippen LogP contribution in [-0.2, 0) is 5.75 Å². The third-order valence-electron chi connectivity index (χ3n) is 3.03. The molecule has 0 bridgehead atoms. The number of thioether (sulfide) groups is 1. The van der Waals surface area contributed by atoms with Gasteiger partial charge in [0.1, 0.15) is 5.75 Å². The standard InChI is InChI=1S/C16H15BrN2OS/c1-2-20-13-7-8-14-15(9-13)19-16(18-14)21-10-11-3-5-12(17)6-4-11/h3-9H,2,10H2,1H3,(H,18,19). The van der Waals surface area contributed by atoms with Gasteiger partial charge in [-0.2, -0.15) is 0 Å². The molecule has 108 valence electrons. The minimum Gasteiger partial charge on any atom is -0.494 e. The summed E-state index contributed by atoms with van der Waals surface area (Å²) in [5.41, 5.74) is 3.26. The van der Waals surface area contributed by atoms with Gasteiger partial charge >= 0.3 is 0 Å². The molecule has 0 saturated heterocycles. The second-order valence-corrected chi connectivity index (χ2v) is 6.45. The number of rotatable bonds is 5. The van der Waals surface area contributed by atoms with Gasteiger partial charge in [-0.25, -0.2) is 4.98 Å². The lowest BCUT2D eigenvalue weighted by molar-refractivity contribution is 0.340. The van der Waals surface area contributed by atoms with Crippen molar-refractivity contribution in [2.24, 2.45) is 0 Å². The summed E-state index contributed by atoms with van der Waals surface area (Å²) >= 11 is 5.15. The highest BCUT2D eigenvalue weighted by atomic mass is 79.9. The third-order valence-corrected chi connectivity index (χ3v) is 4.50. The third kappa shape index (κ3) is 3.60. The summed E-state index contributed by atoms with van der Waals surface area (Å²) in [6.45, 7) is 2.65. The van der Waals surface area contributed by atoms with Crippen molar-refractivity contribution in [3.05, 3.63) is 52.5 Å². The number of aromatic nitrogens is 2. The lowest BCUT2D eigenvalue weighted by atomic mass is 10.2. The number of hydrogen-bond acceptors (Lipinski definition) is 3. The Morgan fingerprint density at radius 2 is 2.00 bits per heavy atom. The second kappa shape index (κ2) is 6.54. The van der Waals surface area contributed by atoms with Gasteiger partial charge in [-0.15, -0.1) is 0 Å². The number of ether oxygens (including phenoxy) is 1. The average molecular weight is 363 g/mol. The largest absolute Gasteiger partial charge is 0.494 e. The van der Waals surface area contributed by atoms with Crippen molar-refractivity contribution in [1.29, 1.82) is 0 Å². The fourth-order valence-electron chi connectivity index (χ4n) is 2.02. The molecular weight excluding hydrogens is 348 g/mol. The van der Waals surface area contributed by atoms with E-state index in [4.69, 9.17) is 4.74 Å². The fraction of sp³-hybridized carbons (Fsp3) is 0.188. The van der Waals surface area contributed by atoms with Crippen LogP contribution >= 0.6 is 27.7 Å². The highest BCUT2D eigenvalue weighted by Gasteiger charge is 2.05. The molecule has 0 unspecified atom stereocenters. The first kappa shape index (κ1) is 14.5. The highest BCUT2D eigenvalue weighted by molar-refractivity contribution is 9.10. The molecule has 0 amide bonds. The summed E-state index contributed by atoms with van der Waals surface area (Å²) in [6.07, 6.45) is 0. The van der Waals surface area contributed by atoms with E-state index in [0.29, 0.717) is 6.61 Å². The number of halogens is 1. The molecule has 2 aromatic carbocycles. The molecule has 21 heavy (non-hydrogen) atoms. The molecule has 3 aromatic rings. The molecule has 0 fully saturated rings. The number of fused-ring (bicyclic) bond motifs is 1. The minimum atomic E-state index is 0.671. The van der Waals surface area contributed by atoms with Crippen LogP contribution in [-0.4, -0.2) is 16.6 Å². The predicted molar refractivity (Wildman–Crippen MR) is 91.0 cm³/mol. The first-order chi connectivity index (χ1) is 10.2. The van der Waals surface area contributed by atoms with E-state index < -0.39 is 0 Å². The van der Waals surface area contributed by atoms with Gasteiger partial charge < -0.3 is 9.72 Å². The fourth-order valence-corrected chi connectivity index (χ4v) is 3.13. The molecule has 1 aromatic heterocycles. The summed E-state index contributed by atoms with van der Waals surface area (Å²) in [6, 6.07) is 14.3. The van der Waals surface area contributed by atoms with Crippen LogP contribution in [0.5, 0.6) is 5.75 Å². The van der Waals surface area contributed by atoms with Crippen LogP contribution in [0.4, 0.5) is 0 Å². The van der Waals surface area contributed by atoms with Gasteiger partial charge in [0.05, 0.1) is 17.6 Å². The van der Waals surface area contributed by atoms with Crippen molar-refractivity contribution in [3.63, 3.8) is 0 Å². The number of nitrogens with zero attached hydrogens (tertiary/aromatic N) is 1. The first-order valence-corrected chi connectivity index (χ1v) is 8.52. The van der Waals surface area contributed by atoms with Crippen LogP contribution in [0, 0.1) is 0 Å². The zero-order chi connectivity index (χ0) is 14.7. The van der Waals surface area contributed by atoms with Gasteiger partial charge in [0, 0.05) is 16.3 Å².